The molecule has 29 heavy (non-hydrogen) atoms. The molecule has 0 amide bonds. The number of rotatable bonds is 8. The third kappa shape index (κ3) is 8.03. The van der Waals surface area contributed by atoms with Crippen molar-refractivity contribution < 1.29 is 4.74 Å². The largest absolute Gasteiger partial charge is 0.379 e. The van der Waals surface area contributed by atoms with E-state index in [1.807, 2.05) is 0 Å². The normalized spacial score (nSPS) is 19.2. The van der Waals surface area contributed by atoms with Gasteiger partial charge in [-0.05, 0) is 37.8 Å². The fourth-order valence-corrected chi connectivity index (χ4v) is 3.95. The summed E-state index contributed by atoms with van der Waals surface area (Å²) >= 11 is 0. The highest BCUT2D eigenvalue weighted by Crippen LogP contribution is 2.18. The number of fused-ring (bicyclic) bond motifs is 1. The number of hydrogen-bond donors (Lipinski definition) is 2. The van der Waals surface area contributed by atoms with Gasteiger partial charge in [-0.15, -0.1) is 24.0 Å². The summed E-state index contributed by atoms with van der Waals surface area (Å²) in [4.78, 5) is 9.83. The van der Waals surface area contributed by atoms with Crippen LogP contribution in [0.3, 0.4) is 0 Å². The van der Waals surface area contributed by atoms with Crippen LogP contribution in [0.4, 0.5) is 0 Å². The topological polar surface area (TPSA) is 52.1 Å². The van der Waals surface area contributed by atoms with Crippen LogP contribution in [0, 0.1) is 0 Å². The maximum Gasteiger partial charge on any atom is 0.191 e. The lowest BCUT2D eigenvalue weighted by Gasteiger charge is -2.31. The van der Waals surface area contributed by atoms with Crippen molar-refractivity contribution in [1.82, 2.24) is 20.4 Å². The number of hydrogen-bond acceptors (Lipinski definition) is 4. The number of morpholine rings is 1. The monoisotopic (exact) mass is 515 g/mol. The van der Waals surface area contributed by atoms with E-state index < -0.39 is 0 Å². The second kappa shape index (κ2) is 13.4. The van der Waals surface area contributed by atoms with Gasteiger partial charge in [0.1, 0.15) is 0 Å². The van der Waals surface area contributed by atoms with Crippen LogP contribution in [0.25, 0.3) is 0 Å². The molecular weight excluding hydrogens is 477 g/mol. The summed E-state index contributed by atoms with van der Waals surface area (Å²) in [6.45, 7) is 14.1. The Hall–Kier alpha value is -0.900. The maximum absolute atomic E-state index is 5.44. The molecule has 0 spiro atoms. The average molecular weight is 515 g/mol. The zero-order chi connectivity index (χ0) is 19.6. The van der Waals surface area contributed by atoms with Gasteiger partial charge < -0.3 is 15.4 Å². The van der Waals surface area contributed by atoms with E-state index in [1.54, 1.807) is 0 Å². The highest BCUT2D eigenvalue weighted by atomic mass is 127. The van der Waals surface area contributed by atoms with E-state index in [2.05, 4.69) is 58.5 Å². The number of benzene rings is 1. The van der Waals surface area contributed by atoms with Gasteiger partial charge in [0.25, 0.3) is 0 Å². The Labute approximate surface area is 193 Å². The Morgan fingerprint density at radius 2 is 1.90 bits per heavy atom. The van der Waals surface area contributed by atoms with Gasteiger partial charge in [0.2, 0.25) is 0 Å². The minimum Gasteiger partial charge on any atom is -0.379 e. The Morgan fingerprint density at radius 1 is 1.14 bits per heavy atom. The summed E-state index contributed by atoms with van der Waals surface area (Å²) in [5.74, 6) is 0.937. The number of nitrogens with zero attached hydrogens (tertiary/aromatic N) is 3. The van der Waals surface area contributed by atoms with Crippen LogP contribution < -0.4 is 10.6 Å². The van der Waals surface area contributed by atoms with E-state index in [0.29, 0.717) is 6.04 Å². The molecule has 1 aromatic carbocycles. The molecule has 7 heteroatoms. The van der Waals surface area contributed by atoms with Crippen LogP contribution in [0.5, 0.6) is 0 Å². The minimum absolute atomic E-state index is 0. The first-order valence-electron chi connectivity index (χ1n) is 10.9. The van der Waals surface area contributed by atoms with Crippen LogP contribution in [-0.4, -0.2) is 80.8 Å². The van der Waals surface area contributed by atoms with Crippen molar-refractivity contribution in [3.8, 4) is 0 Å². The lowest BCUT2D eigenvalue weighted by molar-refractivity contribution is 0.0220. The molecular formula is C22H38IN5O. The van der Waals surface area contributed by atoms with Crippen molar-refractivity contribution in [2.24, 2.45) is 4.99 Å². The number of halogens is 1. The van der Waals surface area contributed by atoms with Gasteiger partial charge in [-0.3, -0.25) is 14.8 Å². The number of ether oxygens (including phenoxy) is 1. The Bertz CT molecular complexity index is 621. The van der Waals surface area contributed by atoms with Crippen molar-refractivity contribution in [3.63, 3.8) is 0 Å². The summed E-state index contributed by atoms with van der Waals surface area (Å²) in [5.41, 5.74) is 3.02. The molecule has 164 valence electrons. The smallest absolute Gasteiger partial charge is 0.191 e. The molecule has 6 nitrogen and oxygen atoms in total. The Morgan fingerprint density at radius 3 is 2.66 bits per heavy atom. The predicted molar refractivity (Wildman–Crippen MR) is 131 cm³/mol. The molecule has 1 aromatic rings. The summed E-state index contributed by atoms with van der Waals surface area (Å²) in [6.07, 6.45) is 2.30. The summed E-state index contributed by atoms with van der Waals surface area (Å²) < 4.78 is 5.44. The van der Waals surface area contributed by atoms with E-state index >= 15 is 0 Å². The van der Waals surface area contributed by atoms with E-state index in [9.17, 15) is 0 Å². The first-order chi connectivity index (χ1) is 13.8. The molecule has 1 unspecified atom stereocenters. The SMILES string of the molecule is CCNC(=NCC(C)N1CCOCC1)NCCCN1CCc2ccccc2C1.I. The lowest BCUT2D eigenvalue weighted by atomic mass is 10.00. The van der Waals surface area contributed by atoms with Gasteiger partial charge in [0.15, 0.2) is 5.96 Å². The second-order valence-corrected chi connectivity index (χ2v) is 7.79. The van der Waals surface area contributed by atoms with Gasteiger partial charge >= 0.3 is 0 Å². The van der Waals surface area contributed by atoms with Crippen LogP contribution in [0.1, 0.15) is 31.4 Å². The molecule has 0 aromatic heterocycles. The molecule has 0 saturated carbocycles. The van der Waals surface area contributed by atoms with Gasteiger partial charge in [0.05, 0.1) is 19.8 Å². The van der Waals surface area contributed by atoms with Gasteiger partial charge in [-0.1, -0.05) is 24.3 Å². The fraction of sp³-hybridized carbons (Fsp3) is 0.682. The fourth-order valence-electron chi connectivity index (χ4n) is 3.95. The third-order valence-electron chi connectivity index (χ3n) is 5.68. The molecule has 0 bridgehead atoms. The summed E-state index contributed by atoms with van der Waals surface area (Å²) in [5, 5.41) is 6.88. The molecule has 1 fully saturated rings. The van der Waals surface area contributed by atoms with E-state index in [-0.39, 0.29) is 24.0 Å². The van der Waals surface area contributed by atoms with Crippen molar-refractivity contribution in [3.05, 3.63) is 35.4 Å². The van der Waals surface area contributed by atoms with Gasteiger partial charge in [-0.25, -0.2) is 0 Å². The molecule has 2 aliphatic rings. The number of aliphatic imine (C=N–C) groups is 1. The van der Waals surface area contributed by atoms with E-state index in [4.69, 9.17) is 9.73 Å². The van der Waals surface area contributed by atoms with E-state index in [1.165, 1.54) is 24.1 Å². The quantitative estimate of drug-likeness (QED) is 0.241. The molecule has 0 aliphatic carbocycles. The molecule has 0 radical (unpaired) electrons. The summed E-state index contributed by atoms with van der Waals surface area (Å²) in [7, 11) is 0. The van der Waals surface area contributed by atoms with Crippen molar-refractivity contribution in [2.75, 3.05) is 59.0 Å². The lowest BCUT2D eigenvalue weighted by Crippen LogP contribution is -2.44. The molecule has 1 atom stereocenters. The van der Waals surface area contributed by atoms with Crippen LogP contribution in [0.2, 0.25) is 0 Å². The predicted octanol–water partition coefficient (Wildman–Crippen LogP) is 2.33. The first kappa shape index (κ1) is 24.4. The van der Waals surface area contributed by atoms with Gasteiger partial charge in [-0.2, -0.15) is 0 Å². The van der Waals surface area contributed by atoms with Gasteiger partial charge in [0, 0.05) is 51.9 Å². The maximum atomic E-state index is 5.44. The van der Waals surface area contributed by atoms with Crippen LogP contribution in [0.15, 0.2) is 29.3 Å². The molecule has 2 aliphatic heterocycles. The highest BCUT2D eigenvalue weighted by Gasteiger charge is 2.17. The van der Waals surface area contributed by atoms with Crippen molar-refractivity contribution in [2.45, 2.75) is 39.3 Å². The minimum atomic E-state index is 0. The first-order valence-corrected chi connectivity index (χ1v) is 10.9. The third-order valence-corrected chi connectivity index (χ3v) is 5.68. The highest BCUT2D eigenvalue weighted by molar-refractivity contribution is 14.0. The standard InChI is InChI=1S/C22H37N5O.HI/c1-3-23-22(25-17-19(2)27-13-15-28-16-14-27)24-10-6-11-26-12-9-20-7-4-5-8-21(20)18-26;/h4-5,7-8,19H,3,6,9-18H2,1-2H3,(H2,23,24,25);1H. The number of nitrogens with one attached hydrogen (secondary N) is 2. The van der Waals surface area contributed by atoms with Crippen molar-refractivity contribution in [1.29, 1.82) is 0 Å². The Balaban J connectivity index is 0.00000300. The molecule has 2 N–H and O–H groups in total. The van der Waals surface area contributed by atoms with Crippen LogP contribution in [-0.2, 0) is 17.7 Å². The van der Waals surface area contributed by atoms with E-state index in [0.717, 1.165) is 71.4 Å². The van der Waals surface area contributed by atoms with Crippen LogP contribution >= 0.6 is 24.0 Å². The summed E-state index contributed by atoms with van der Waals surface area (Å²) in [6, 6.07) is 9.30. The van der Waals surface area contributed by atoms with Crippen molar-refractivity contribution >= 4 is 29.9 Å². The Kier molecular flexibility index (Phi) is 11.3. The molecule has 1 saturated heterocycles. The second-order valence-electron chi connectivity index (χ2n) is 7.79. The average Bonchev–Trinajstić information content (AvgIpc) is 2.75. The zero-order valence-electron chi connectivity index (χ0n) is 18.0. The zero-order valence-corrected chi connectivity index (χ0v) is 20.4. The molecule has 2 heterocycles. The number of guanidine groups is 1. The molecule has 3 rings (SSSR count).